The summed E-state index contributed by atoms with van der Waals surface area (Å²) in [6, 6.07) is 7.55. The van der Waals surface area contributed by atoms with Crippen molar-refractivity contribution in [1.82, 2.24) is 15.5 Å². The van der Waals surface area contributed by atoms with E-state index >= 15 is 0 Å². The highest BCUT2D eigenvalue weighted by Gasteiger charge is 2.22. The minimum Gasteiger partial charge on any atom is -0.373 e. The van der Waals surface area contributed by atoms with Crippen molar-refractivity contribution in [3.05, 3.63) is 29.8 Å². The molecule has 27 heavy (non-hydrogen) atoms. The summed E-state index contributed by atoms with van der Waals surface area (Å²) < 4.78 is 5.78. The average Bonchev–Trinajstić information content (AvgIpc) is 2.59. The summed E-state index contributed by atoms with van der Waals surface area (Å²) in [5.41, 5.74) is 1.87. The van der Waals surface area contributed by atoms with Gasteiger partial charge in [0, 0.05) is 44.3 Å². The largest absolute Gasteiger partial charge is 0.373 e. The maximum absolute atomic E-state index is 12.2. The summed E-state index contributed by atoms with van der Waals surface area (Å²) in [5.74, 6) is -0.0761. The van der Waals surface area contributed by atoms with E-state index in [1.165, 1.54) is 0 Å². The Morgan fingerprint density at radius 3 is 2.41 bits per heavy atom. The SMILES string of the molecule is CC1CN(Cc2ccccc2NC(=O)NCCNC(=O)C(C)C)CC(C)O1. The molecule has 1 aromatic rings. The summed E-state index contributed by atoms with van der Waals surface area (Å²) >= 11 is 0. The molecule has 0 radical (unpaired) electrons. The number of ether oxygens (including phenoxy) is 1. The molecule has 2 rings (SSSR count). The fraction of sp³-hybridized carbons (Fsp3) is 0.600. The molecule has 0 saturated carbocycles. The number of morpholine rings is 1. The minimum absolute atomic E-state index is 0.0171. The first kappa shape index (κ1) is 21.2. The second kappa shape index (κ2) is 10.3. The van der Waals surface area contributed by atoms with Crippen LogP contribution in [0.4, 0.5) is 10.5 Å². The van der Waals surface area contributed by atoms with Crippen molar-refractivity contribution in [2.45, 2.75) is 46.4 Å². The second-order valence-electron chi connectivity index (χ2n) is 7.44. The van der Waals surface area contributed by atoms with Crippen molar-refractivity contribution in [3.8, 4) is 0 Å². The van der Waals surface area contributed by atoms with Crippen LogP contribution < -0.4 is 16.0 Å². The number of nitrogens with one attached hydrogen (secondary N) is 3. The predicted octanol–water partition coefficient (Wildman–Crippen LogP) is 2.19. The van der Waals surface area contributed by atoms with Crippen LogP contribution in [0.2, 0.25) is 0 Å². The summed E-state index contributed by atoms with van der Waals surface area (Å²) in [6.45, 7) is 11.1. The van der Waals surface area contributed by atoms with Gasteiger partial charge in [-0.1, -0.05) is 32.0 Å². The van der Waals surface area contributed by atoms with Crippen LogP contribution in [-0.2, 0) is 16.1 Å². The third-order valence-electron chi connectivity index (χ3n) is 4.39. The number of para-hydroxylation sites is 1. The van der Waals surface area contributed by atoms with Gasteiger partial charge >= 0.3 is 6.03 Å². The first-order valence-electron chi connectivity index (χ1n) is 9.63. The molecule has 1 aromatic carbocycles. The van der Waals surface area contributed by atoms with E-state index < -0.39 is 0 Å². The number of hydrogen-bond acceptors (Lipinski definition) is 4. The van der Waals surface area contributed by atoms with Crippen LogP contribution in [0.1, 0.15) is 33.3 Å². The van der Waals surface area contributed by atoms with Gasteiger partial charge in [0.15, 0.2) is 0 Å². The fourth-order valence-electron chi connectivity index (χ4n) is 3.17. The van der Waals surface area contributed by atoms with Gasteiger partial charge in [-0.15, -0.1) is 0 Å². The summed E-state index contributed by atoms with van der Waals surface area (Å²) in [5, 5.41) is 8.46. The van der Waals surface area contributed by atoms with Crippen LogP contribution in [0.25, 0.3) is 0 Å². The monoisotopic (exact) mass is 376 g/mol. The van der Waals surface area contributed by atoms with Crippen molar-refractivity contribution in [2.75, 3.05) is 31.5 Å². The van der Waals surface area contributed by atoms with Gasteiger partial charge < -0.3 is 20.7 Å². The van der Waals surface area contributed by atoms with E-state index in [1.807, 2.05) is 38.1 Å². The molecule has 7 heteroatoms. The number of amides is 3. The van der Waals surface area contributed by atoms with Crippen molar-refractivity contribution in [3.63, 3.8) is 0 Å². The molecule has 1 aliphatic heterocycles. The first-order valence-corrected chi connectivity index (χ1v) is 9.63. The Morgan fingerprint density at radius 2 is 1.74 bits per heavy atom. The van der Waals surface area contributed by atoms with E-state index in [-0.39, 0.29) is 30.1 Å². The fourth-order valence-corrected chi connectivity index (χ4v) is 3.17. The number of carbonyl (C=O) groups is 2. The van der Waals surface area contributed by atoms with Gasteiger partial charge in [0.25, 0.3) is 0 Å². The zero-order valence-electron chi connectivity index (χ0n) is 16.7. The summed E-state index contributed by atoms with van der Waals surface area (Å²) in [6.07, 6.45) is 0.413. The second-order valence-corrected chi connectivity index (χ2v) is 7.44. The number of rotatable bonds is 7. The maximum atomic E-state index is 12.2. The van der Waals surface area contributed by atoms with E-state index in [2.05, 4.69) is 34.7 Å². The molecule has 1 heterocycles. The molecule has 0 spiro atoms. The molecule has 3 amide bonds. The number of benzene rings is 1. The topological polar surface area (TPSA) is 82.7 Å². The van der Waals surface area contributed by atoms with E-state index in [9.17, 15) is 9.59 Å². The van der Waals surface area contributed by atoms with Crippen molar-refractivity contribution < 1.29 is 14.3 Å². The molecule has 1 aliphatic rings. The highest BCUT2D eigenvalue weighted by Crippen LogP contribution is 2.20. The van der Waals surface area contributed by atoms with Crippen LogP contribution in [0.3, 0.4) is 0 Å². The molecule has 1 fully saturated rings. The van der Waals surface area contributed by atoms with Crippen molar-refractivity contribution in [1.29, 1.82) is 0 Å². The molecule has 0 aliphatic carbocycles. The molecule has 3 N–H and O–H groups in total. The first-order chi connectivity index (χ1) is 12.8. The molecule has 1 saturated heterocycles. The Kier molecular flexibility index (Phi) is 8.06. The highest BCUT2D eigenvalue weighted by molar-refractivity contribution is 5.90. The van der Waals surface area contributed by atoms with Gasteiger partial charge in [0.05, 0.1) is 12.2 Å². The number of hydrogen-bond donors (Lipinski definition) is 3. The standard InChI is InChI=1S/C20H32N4O3/c1-14(2)19(25)21-9-10-22-20(26)23-18-8-6-5-7-17(18)13-24-11-15(3)27-16(4)12-24/h5-8,14-16H,9-13H2,1-4H3,(H,21,25)(H2,22,23,26). The molecule has 7 nitrogen and oxygen atoms in total. The van der Waals surface area contributed by atoms with Crippen LogP contribution in [0.5, 0.6) is 0 Å². The Hall–Kier alpha value is -2.12. The van der Waals surface area contributed by atoms with Gasteiger partial charge in [-0.25, -0.2) is 4.79 Å². The Labute approximate surface area is 161 Å². The van der Waals surface area contributed by atoms with E-state index in [0.29, 0.717) is 13.1 Å². The van der Waals surface area contributed by atoms with Crippen LogP contribution >= 0.6 is 0 Å². The van der Waals surface area contributed by atoms with Crippen LogP contribution in [0.15, 0.2) is 24.3 Å². The normalized spacial score (nSPS) is 20.3. The van der Waals surface area contributed by atoms with E-state index in [4.69, 9.17) is 4.74 Å². The molecule has 150 valence electrons. The average molecular weight is 377 g/mol. The number of nitrogens with zero attached hydrogens (tertiary/aromatic N) is 1. The lowest BCUT2D eigenvalue weighted by Gasteiger charge is -2.35. The quantitative estimate of drug-likeness (QED) is 0.637. The lowest BCUT2D eigenvalue weighted by molar-refractivity contribution is -0.123. The smallest absolute Gasteiger partial charge is 0.319 e. The van der Waals surface area contributed by atoms with Gasteiger partial charge in [0.1, 0.15) is 0 Å². The Bertz CT molecular complexity index is 625. The lowest BCUT2D eigenvalue weighted by atomic mass is 10.1. The van der Waals surface area contributed by atoms with Gasteiger partial charge in [-0.2, -0.15) is 0 Å². The molecule has 2 unspecified atom stereocenters. The number of anilines is 1. The Morgan fingerprint density at radius 1 is 1.11 bits per heavy atom. The minimum atomic E-state index is -0.273. The molecule has 0 bridgehead atoms. The summed E-state index contributed by atoms with van der Waals surface area (Å²) in [7, 11) is 0. The lowest BCUT2D eigenvalue weighted by Crippen LogP contribution is -2.45. The van der Waals surface area contributed by atoms with Gasteiger partial charge in [-0.3, -0.25) is 9.69 Å². The zero-order chi connectivity index (χ0) is 19.8. The third kappa shape index (κ3) is 7.19. The molecule has 0 aromatic heterocycles. The third-order valence-corrected chi connectivity index (χ3v) is 4.39. The maximum Gasteiger partial charge on any atom is 0.319 e. The molecular formula is C20H32N4O3. The molecule has 2 atom stereocenters. The predicted molar refractivity (Wildman–Crippen MR) is 107 cm³/mol. The van der Waals surface area contributed by atoms with Crippen LogP contribution in [0, 0.1) is 5.92 Å². The summed E-state index contributed by atoms with van der Waals surface area (Å²) in [4.78, 5) is 26.0. The number of carbonyl (C=O) groups excluding carboxylic acids is 2. The van der Waals surface area contributed by atoms with E-state index in [0.717, 1.165) is 30.9 Å². The zero-order valence-corrected chi connectivity index (χ0v) is 16.7. The molecular weight excluding hydrogens is 344 g/mol. The van der Waals surface area contributed by atoms with Crippen molar-refractivity contribution in [2.24, 2.45) is 5.92 Å². The highest BCUT2D eigenvalue weighted by atomic mass is 16.5. The Balaban J connectivity index is 1.84. The van der Waals surface area contributed by atoms with Gasteiger partial charge in [0.2, 0.25) is 5.91 Å². The van der Waals surface area contributed by atoms with E-state index in [1.54, 1.807) is 0 Å². The van der Waals surface area contributed by atoms with Crippen molar-refractivity contribution >= 4 is 17.6 Å². The number of urea groups is 1. The van der Waals surface area contributed by atoms with Crippen LogP contribution in [-0.4, -0.2) is 55.2 Å². The van der Waals surface area contributed by atoms with Gasteiger partial charge in [-0.05, 0) is 25.5 Å².